The Kier molecular flexibility index (Phi) is 10.6. The fraction of sp³-hybridized carbons (Fsp3) is 0.229. The summed E-state index contributed by atoms with van der Waals surface area (Å²) in [6.45, 7) is 0.704. The van der Waals surface area contributed by atoms with Crippen molar-refractivity contribution in [2.75, 3.05) is 0 Å². The molecule has 0 spiro atoms. The molecule has 0 aliphatic heterocycles. The molecule has 0 saturated carbocycles. The van der Waals surface area contributed by atoms with Gasteiger partial charge in [-0.2, -0.15) is 8.78 Å². The molecular weight excluding hydrogens is 613 g/mol. The van der Waals surface area contributed by atoms with Gasteiger partial charge < -0.3 is 9.30 Å². The van der Waals surface area contributed by atoms with Gasteiger partial charge in [0.1, 0.15) is 5.82 Å². The van der Waals surface area contributed by atoms with Crippen LogP contribution < -0.4 is 9.88 Å². The Morgan fingerprint density at radius 2 is 1.46 bits per heavy atom. The van der Waals surface area contributed by atoms with E-state index in [2.05, 4.69) is 21.1 Å². The average Bonchev–Trinajstić information content (AvgIpc) is 3.39. The second kappa shape index (κ2) is 14.8. The van der Waals surface area contributed by atoms with E-state index in [4.69, 9.17) is 10.1 Å². The van der Waals surface area contributed by atoms with Crippen molar-refractivity contribution in [2.24, 2.45) is 5.14 Å². The smallest absolute Gasteiger partial charge is 0.387 e. The summed E-state index contributed by atoms with van der Waals surface area (Å²) in [5.41, 5.74) is 5.04. The largest absolute Gasteiger partial charge is 0.432 e. The van der Waals surface area contributed by atoms with Gasteiger partial charge in [-0.1, -0.05) is 92.2 Å². The zero-order chi connectivity index (χ0) is 32.7. The minimum absolute atomic E-state index is 0.00370. The van der Waals surface area contributed by atoms with Crippen molar-refractivity contribution in [3.8, 4) is 28.4 Å². The Balaban J connectivity index is 1.59. The molecule has 240 valence electrons. The van der Waals surface area contributed by atoms with E-state index in [1.54, 1.807) is 18.2 Å². The number of primary sulfonamides is 1. The van der Waals surface area contributed by atoms with Crippen molar-refractivity contribution in [1.82, 2.24) is 14.5 Å². The first-order chi connectivity index (χ1) is 22.1. The summed E-state index contributed by atoms with van der Waals surface area (Å²) >= 11 is 0. The fourth-order valence-corrected chi connectivity index (χ4v) is 5.87. The number of halogens is 3. The highest BCUT2D eigenvalue weighted by atomic mass is 32.2. The summed E-state index contributed by atoms with van der Waals surface area (Å²) in [4.78, 5) is 7.25. The highest BCUT2D eigenvalue weighted by Gasteiger charge is 2.23. The zero-order valence-corrected chi connectivity index (χ0v) is 26.1. The third-order valence-electron chi connectivity index (χ3n) is 7.54. The van der Waals surface area contributed by atoms with Gasteiger partial charge in [0.15, 0.2) is 11.6 Å². The molecule has 5 aromatic rings. The lowest BCUT2D eigenvalue weighted by Gasteiger charge is -2.25. The second-order valence-electron chi connectivity index (χ2n) is 10.9. The maximum absolute atomic E-state index is 14.8. The number of imidazole rings is 1. The number of benzene rings is 4. The Labute approximate surface area is 267 Å². The first-order valence-electron chi connectivity index (χ1n) is 14.9. The number of nitrogens with two attached hydrogens (primary N) is 1. The van der Waals surface area contributed by atoms with Gasteiger partial charge in [-0.15, -0.1) is 0 Å². The average molecular weight is 649 g/mol. The van der Waals surface area contributed by atoms with Gasteiger partial charge in [0.25, 0.3) is 0 Å². The SMILES string of the molecule is CCCCn1c(-c2ccccc2)nc(-c2ccccc2)c1CN(Cc1ccc(S(N)(=O)=O)cc1)Cc1ccc(OC(F)F)c(F)c1. The molecule has 5 rings (SSSR count). The summed E-state index contributed by atoms with van der Waals surface area (Å²) in [6.07, 6.45) is 1.89. The van der Waals surface area contributed by atoms with Crippen LogP contribution in [0.4, 0.5) is 13.2 Å². The van der Waals surface area contributed by atoms with Crippen molar-refractivity contribution in [1.29, 1.82) is 0 Å². The highest BCUT2D eigenvalue weighted by molar-refractivity contribution is 7.89. The van der Waals surface area contributed by atoms with E-state index >= 15 is 0 Å². The quantitative estimate of drug-likeness (QED) is 0.134. The second-order valence-corrected chi connectivity index (χ2v) is 12.5. The van der Waals surface area contributed by atoms with E-state index in [9.17, 15) is 21.6 Å². The van der Waals surface area contributed by atoms with Gasteiger partial charge in [0.05, 0.1) is 16.3 Å². The van der Waals surface area contributed by atoms with E-state index in [0.29, 0.717) is 18.7 Å². The third-order valence-corrected chi connectivity index (χ3v) is 8.47. The van der Waals surface area contributed by atoms with Crippen molar-refractivity contribution >= 4 is 10.0 Å². The molecule has 11 heteroatoms. The van der Waals surface area contributed by atoms with Crippen LogP contribution in [0.1, 0.15) is 36.6 Å². The molecule has 0 amide bonds. The maximum Gasteiger partial charge on any atom is 0.387 e. The van der Waals surface area contributed by atoms with Crippen LogP contribution in [-0.2, 0) is 36.2 Å². The van der Waals surface area contributed by atoms with Crippen LogP contribution in [0.2, 0.25) is 0 Å². The molecule has 0 aliphatic rings. The molecule has 46 heavy (non-hydrogen) atoms. The van der Waals surface area contributed by atoms with E-state index in [-0.39, 0.29) is 11.4 Å². The number of hydrogen-bond donors (Lipinski definition) is 1. The zero-order valence-electron chi connectivity index (χ0n) is 25.3. The van der Waals surface area contributed by atoms with Crippen LogP contribution in [0.25, 0.3) is 22.6 Å². The first kappa shape index (κ1) is 32.9. The summed E-state index contributed by atoms with van der Waals surface area (Å²) in [5.74, 6) is -0.583. The molecule has 1 heterocycles. The van der Waals surface area contributed by atoms with Crippen molar-refractivity contribution in [2.45, 2.75) is 57.5 Å². The normalized spacial score (nSPS) is 11.8. The molecule has 2 N–H and O–H groups in total. The Hall–Kier alpha value is -4.45. The standard InChI is InChI=1S/C35H35F3N4O3S/c1-2-3-20-42-31(33(27-10-6-4-7-11-27)40-34(42)28-12-8-5-9-13-28)24-41(22-25-14-17-29(18-15-25)46(39,43)44)23-26-16-19-32(30(36)21-26)45-35(37)38/h4-19,21,35H,2-3,20,22-24H2,1H3,(H2,39,43,44). The van der Waals surface area contributed by atoms with E-state index in [0.717, 1.165) is 53.3 Å². The van der Waals surface area contributed by atoms with Gasteiger partial charge in [-0.05, 0) is 41.8 Å². The lowest BCUT2D eigenvalue weighted by atomic mass is 10.1. The number of alkyl halides is 2. The van der Waals surface area contributed by atoms with Crippen molar-refractivity contribution in [3.05, 3.63) is 126 Å². The van der Waals surface area contributed by atoms with Crippen LogP contribution in [0.15, 0.2) is 108 Å². The predicted octanol–water partition coefficient (Wildman–Crippen LogP) is 7.61. The summed E-state index contributed by atoms with van der Waals surface area (Å²) in [5, 5.41) is 5.31. The van der Waals surface area contributed by atoms with Gasteiger partial charge >= 0.3 is 6.61 Å². The van der Waals surface area contributed by atoms with E-state index in [1.807, 2.05) is 60.7 Å². The number of ether oxygens (including phenoxy) is 1. The van der Waals surface area contributed by atoms with E-state index < -0.39 is 28.2 Å². The number of sulfonamides is 1. The van der Waals surface area contributed by atoms with Crippen LogP contribution in [-0.4, -0.2) is 29.5 Å². The molecule has 0 saturated heterocycles. The number of unbranched alkanes of at least 4 members (excludes halogenated alkanes) is 1. The summed E-state index contributed by atoms with van der Waals surface area (Å²) < 4.78 is 70.6. The lowest BCUT2D eigenvalue weighted by molar-refractivity contribution is -0.0522. The Morgan fingerprint density at radius 1 is 0.848 bits per heavy atom. The number of rotatable bonds is 14. The third kappa shape index (κ3) is 8.22. The molecule has 0 radical (unpaired) electrons. The molecule has 0 unspecified atom stereocenters. The van der Waals surface area contributed by atoms with E-state index in [1.165, 1.54) is 24.3 Å². The molecular formula is C35H35F3N4O3S. The monoisotopic (exact) mass is 648 g/mol. The molecule has 1 aromatic heterocycles. The lowest BCUT2D eigenvalue weighted by Crippen LogP contribution is -2.25. The van der Waals surface area contributed by atoms with Gasteiger partial charge in [-0.3, -0.25) is 4.90 Å². The van der Waals surface area contributed by atoms with Crippen molar-refractivity contribution < 1.29 is 26.3 Å². The first-order valence-corrected chi connectivity index (χ1v) is 16.4. The predicted molar refractivity (Wildman–Crippen MR) is 172 cm³/mol. The van der Waals surface area contributed by atoms with Crippen LogP contribution in [0, 0.1) is 5.82 Å². The topological polar surface area (TPSA) is 90.5 Å². The number of aromatic nitrogens is 2. The van der Waals surface area contributed by atoms with Crippen molar-refractivity contribution in [3.63, 3.8) is 0 Å². The summed E-state index contributed by atoms with van der Waals surface area (Å²) in [7, 11) is -3.87. The van der Waals surface area contributed by atoms with Crippen LogP contribution in [0.3, 0.4) is 0 Å². The molecule has 0 fully saturated rings. The van der Waals surface area contributed by atoms with Gasteiger partial charge in [0.2, 0.25) is 10.0 Å². The summed E-state index contributed by atoms with van der Waals surface area (Å²) in [6, 6.07) is 30.1. The van der Waals surface area contributed by atoms with Gasteiger partial charge in [0, 0.05) is 37.3 Å². The Morgan fingerprint density at radius 3 is 2.04 bits per heavy atom. The minimum Gasteiger partial charge on any atom is -0.432 e. The molecule has 7 nitrogen and oxygen atoms in total. The maximum atomic E-state index is 14.8. The highest BCUT2D eigenvalue weighted by Crippen LogP contribution is 2.32. The number of hydrogen-bond acceptors (Lipinski definition) is 5. The fourth-order valence-electron chi connectivity index (χ4n) is 5.35. The van der Waals surface area contributed by atoms with Gasteiger partial charge in [-0.25, -0.2) is 22.9 Å². The number of nitrogens with zero attached hydrogens (tertiary/aromatic N) is 3. The van der Waals surface area contributed by atoms with Crippen LogP contribution >= 0.6 is 0 Å². The van der Waals surface area contributed by atoms with Crippen LogP contribution in [0.5, 0.6) is 5.75 Å². The molecule has 4 aromatic carbocycles. The minimum atomic E-state index is -3.87. The molecule has 0 aliphatic carbocycles. The molecule has 0 bridgehead atoms. The Bertz CT molecular complexity index is 1850. The molecule has 0 atom stereocenters.